The molecule has 0 radical (unpaired) electrons. The van der Waals surface area contributed by atoms with E-state index < -0.39 is 0 Å². The Labute approximate surface area is 173 Å². The van der Waals surface area contributed by atoms with Crippen LogP contribution in [0.5, 0.6) is 11.5 Å². The Hall–Kier alpha value is -3.26. The van der Waals surface area contributed by atoms with Crippen molar-refractivity contribution in [2.24, 2.45) is 5.16 Å². The van der Waals surface area contributed by atoms with Gasteiger partial charge in [-0.3, -0.25) is 4.57 Å². The molecular formula is C21H22N4O3S. The lowest BCUT2D eigenvalue weighted by Gasteiger charge is -2.11. The summed E-state index contributed by atoms with van der Waals surface area (Å²) in [5, 5.41) is 22.2. The molecule has 0 amide bonds. The Kier molecular flexibility index (Phi) is 6.91. The maximum absolute atomic E-state index is 9.41. The van der Waals surface area contributed by atoms with Crippen molar-refractivity contribution >= 4 is 17.5 Å². The highest BCUT2D eigenvalue weighted by molar-refractivity contribution is 7.99. The van der Waals surface area contributed by atoms with Crippen LogP contribution in [0.25, 0.3) is 11.4 Å². The molecule has 0 spiro atoms. The number of thioether (sulfide) groups is 1. The molecule has 0 unspecified atom stereocenters. The van der Waals surface area contributed by atoms with E-state index in [1.807, 2.05) is 53.1 Å². The molecule has 2 aromatic carbocycles. The number of hydrogen-bond acceptors (Lipinski definition) is 7. The van der Waals surface area contributed by atoms with Crippen LogP contribution in [0.4, 0.5) is 0 Å². The molecule has 29 heavy (non-hydrogen) atoms. The van der Waals surface area contributed by atoms with Gasteiger partial charge in [0, 0.05) is 23.4 Å². The smallest absolute Gasteiger partial charge is 0.192 e. The van der Waals surface area contributed by atoms with E-state index >= 15 is 0 Å². The van der Waals surface area contributed by atoms with Crippen LogP contribution in [0.2, 0.25) is 0 Å². The molecule has 0 saturated carbocycles. The predicted molar refractivity (Wildman–Crippen MR) is 114 cm³/mol. The molecule has 0 aliphatic carbocycles. The van der Waals surface area contributed by atoms with Gasteiger partial charge in [-0.25, -0.2) is 0 Å². The molecule has 7 nitrogen and oxygen atoms in total. The van der Waals surface area contributed by atoms with Crippen molar-refractivity contribution in [3.63, 3.8) is 0 Å². The van der Waals surface area contributed by atoms with Gasteiger partial charge in [-0.1, -0.05) is 53.3 Å². The maximum atomic E-state index is 9.41. The second kappa shape index (κ2) is 9.79. The number of aromatic nitrogens is 3. The monoisotopic (exact) mass is 410 g/mol. The molecule has 0 saturated heterocycles. The zero-order valence-electron chi connectivity index (χ0n) is 16.3. The third kappa shape index (κ3) is 4.60. The number of oxime groups is 1. The fourth-order valence-corrected chi connectivity index (χ4v) is 3.72. The minimum atomic E-state index is 0.446. The van der Waals surface area contributed by atoms with Gasteiger partial charge in [-0.05, 0) is 18.2 Å². The van der Waals surface area contributed by atoms with Crippen molar-refractivity contribution in [1.29, 1.82) is 0 Å². The van der Waals surface area contributed by atoms with Gasteiger partial charge in [-0.2, -0.15) is 0 Å². The summed E-state index contributed by atoms with van der Waals surface area (Å²) < 4.78 is 12.7. The van der Waals surface area contributed by atoms with Crippen molar-refractivity contribution < 1.29 is 14.7 Å². The quantitative estimate of drug-likeness (QED) is 0.188. The van der Waals surface area contributed by atoms with E-state index in [2.05, 4.69) is 21.9 Å². The van der Waals surface area contributed by atoms with Crippen LogP contribution in [0.1, 0.15) is 5.56 Å². The molecular weight excluding hydrogens is 388 g/mol. The Morgan fingerprint density at radius 3 is 2.55 bits per heavy atom. The van der Waals surface area contributed by atoms with Crippen molar-refractivity contribution in [2.45, 2.75) is 11.7 Å². The highest BCUT2D eigenvalue weighted by Gasteiger charge is 2.17. The van der Waals surface area contributed by atoms with Crippen molar-refractivity contribution in [3.05, 3.63) is 66.7 Å². The van der Waals surface area contributed by atoms with Gasteiger partial charge in [0.1, 0.15) is 0 Å². The van der Waals surface area contributed by atoms with Gasteiger partial charge in [0.25, 0.3) is 0 Å². The average molecular weight is 410 g/mol. The number of methoxy groups -OCH3 is 2. The Balaban J connectivity index is 1.88. The molecule has 0 aliphatic rings. The fraction of sp³-hybridized carbons (Fsp3) is 0.190. The van der Waals surface area contributed by atoms with Crippen LogP contribution >= 0.6 is 11.8 Å². The SMILES string of the molecule is C=CCn1c(SC/C(=N\O)c2ccccc2)nnc1-c1ccc(OC)c(OC)c1. The molecule has 0 aliphatic heterocycles. The fourth-order valence-electron chi connectivity index (χ4n) is 2.81. The van der Waals surface area contributed by atoms with Gasteiger partial charge < -0.3 is 14.7 Å². The van der Waals surface area contributed by atoms with Gasteiger partial charge in [0.05, 0.1) is 19.9 Å². The zero-order valence-corrected chi connectivity index (χ0v) is 17.1. The van der Waals surface area contributed by atoms with Crippen molar-refractivity contribution in [2.75, 3.05) is 20.0 Å². The highest BCUT2D eigenvalue weighted by Crippen LogP contribution is 2.33. The van der Waals surface area contributed by atoms with Gasteiger partial charge in [0.15, 0.2) is 22.5 Å². The topological polar surface area (TPSA) is 81.8 Å². The van der Waals surface area contributed by atoms with Crippen LogP contribution in [0.3, 0.4) is 0 Å². The highest BCUT2D eigenvalue weighted by atomic mass is 32.2. The Morgan fingerprint density at radius 2 is 1.90 bits per heavy atom. The number of ether oxygens (including phenoxy) is 2. The number of nitrogens with zero attached hydrogens (tertiary/aromatic N) is 4. The predicted octanol–water partition coefficient (Wildman–Crippen LogP) is 4.12. The largest absolute Gasteiger partial charge is 0.493 e. The van der Waals surface area contributed by atoms with E-state index in [1.165, 1.54) is 11.8 Å². The van der Waals surface area contributed by atoms with Gasteiger partial charge >= 0.3 is 0 Å². The average Bonchev–Trinajstić information content (AvgIpc) is 3.17. The first-order valence-electron chi connectivity index (χ1n) is 8.87. The van der Waals surface area contributed by atoms with Crippen molar-refractivity contribution in [3.8, 4) is 22.9 Å². The van der Waals surface area contributed by atoms with E-state index in [4.69, 9.17) is 9.47 Å². The summed E-state index contributed by atoms with van der Waals surface area (Å²) >= 11 is 1.44. The molecule has 3 rings (SSSR count). The summed E-state index contributed by atoms with van der Waals surface area (Å²) in [6, 6.07) is 15.1. The number of hydrogen-bond donors (Lipinski definition) is 1. The second-order valence-electron chi connectivity index (χ2n) is 5.98. The number of benzene rings is 2. The van der Waals surface area contributed by atoms with Crippen LogP contribution in [-0.2, 0) is 6.54 Å². The normalized spacial score (nSPS) is 11.3. The first-order chi connectivity index (χ1) is 14.2. The second-order valence-corrected chi connectivity index (χ2v) is 6.92. The minimum Gasteiger partial charge on any atom is -0.493 e. The van der Waals surface area contributed by atoms with E-state index in [-0.39, 0.29) is 0 Å². The molecule has 1 N–H and O–H groups in total. The zero-order chi connectivity index (χ0) is 20.6. The van der Waals surface area contributed by atoms with Crippen LogP contribution < -0.4 is 9.47 Å². The van der Waals surface area contributed by atoms with Crippen LogP contribution in [0.15, 0.2) is 71.5 Å². The van der Waals surface area contributed by atoms with E-state index in [1.54, 1.807) is 20.3 Å². The summed E-state index contributed by atoms with van der Waals surface area (Å²) in [4.78, 5) is 0. The Morgan fingerprint density at radius 1 is 1.14 bits per heavy atom. The molecule has 0 fully saturated rings. The summed E-state index contributed by atoms with van der Waals surface area (Å²) in [6.07, 6.45) is 1.79. The summed E-state index contributed by atoms with van der Waals surface area (Å²) in [6.45, 7) is 4.38. The summed E-state index contributed by atoms with van der Waals surface area (Å²) in [5.41, 5.74) is 2.27. The molecule has 8 heteroatoms. The lowest BCUT2D eigenvalue weighted by atomic mass is 10.1. The molecule has 3 aromatic rings. The van der Waals surface area contributed by atoms with Gasteiger partial charge in [0.2, 0.25) is 0 Å². The first kappa shape index (κ1) is 20.5. The van der Waals surface area contributed by atoms with Crippen LogP contribution in [-0.4, -0.2) is 45.7 Å². The first-order valence-corrected chi connectivity index (χ1v) is 9.86. The standard InChI is InChI=1S/C21H22N4O3S/c1-4-12-25-20(16-10-11-18(27-2)19(13-16)28-3)22-23-21(25)29-14-17(24-26)15-8-6-5-7-9-15/h4-11,13,26H,1,12,14H2,2-3H3/b24-17+. The minimum absolute atomic E-state index is 0.446. The molecule has 1 heterocycles. The van der Waals surface area contributed by atoms with Crippen molar-refractivity contribution in [1.82, 2.24) is 14.8 Å². The molecule has 0 atom stereocenters. The third-order valence-electron chi connectivity index (χ3n) is 4.24. The van der Waals surface area contributed by atoms with E-state index in [0.717, 1.165) is 11.1 Å². The van der Waals surface area contributed by atoms with Gasteiger partial charge in [-0.15, -0.1) is 16.8 Å². The summed E-state index contributed by atoms with van der Waals surface area (Å²) in [7, 11) is 3.19. The molecule has 150 valence electrons. The number of allylic oxidation sites excluding steroid dienone is 1. The lowest BCUT2D eigenvalue weighted by molar-refractivity contribution is 0.319. The summed E-state index contributed by atoms with van der Waals surface area (Å²) in [5.74, 6) is 2.40. The van der Waals surface area contributed by atoms with E-state index in [0.29, 0.717) is 40.5 Å². The third-order valence-corrected chi connectivity index (χ3v) is 5.21. The maximum Gasteiger partial charge on any atom is 0.192 e. The van der Waals surface area contributed by atoms with Crippen LogP contribution in [0, 0.1) is 0 Å². The molecule has 0 bridgehead atoms. The Bertz CT molecular complexity index is 1000. The lowest BCUT2D eigenvalue weighted by Crippen LogP contribution is -2.07. The number of rotatable bonds is 9. The molecule has 1 aromatic heterocycles. The van der Waals surface area contributed by atoms with E-state index in [9.17, 15) is 5.21 Å².